The number of rotatable bonds is 12. The van der Waals surface area contributed by atoms with E-state index in [9.17, 15) is 9.90 Å². The van der Waals surface area contributed by atoms with Crippen LogP contribution in [0.3, 0.4) is 0 Å². The zero-order valence-electron chi connectivity index (χ0n) is 14.7. The Kier molecular flexibility index (Phi) is 17.0. The summed E-state index contributed by atoms with van der Waals surface area (Å²) in [6.45, 7) is 14.4. The largest absolute Gasteiger partial charge is 0.550 e. The minimum absolute atomic E-state index is 0.0495. The van der Waals surface area contributed by atoms with Crippen LogP contribution in [-0.4, -0.2) is 63.6 Å². The highest BCUT2D eigenvalue weighted by molar-refractivity contribution is 5.64. The molecule has 0 aliphatic heterocycles. The van der Waals surface area contributed by atoms with Crippen LogP contribution in [0.5, 0.6) is 0 Å². The van der Waals surface area contributed by atoms with Crippen LogP contribution in [0, 0.1) is 0 Å². The lowest BCUT2D eigenvalue weighted by Crippen LogP contribution is -2.44. The molecule has 0 aliphatic rings. The molecule has 0 aromatic rings. The number of aliphatic carboxylic acids is 1. The maximum Gasteiger partial charge on any atom is 0.0784 e. The first kappa shape index (κ1) is 22.6. The summed E-state index contributed by atoms with van der Waals surface area (Å²) in [5, 5.41) is 9.87. The van der Waals surface area contributed by atoms with Gasteiger partial charge in [-0.25, -0.2) is 0 Å². The van der Waals surface area contributed by atoms with E-state index >= 15 is 0 Å². The van der Waals surface area contributed by atoms with Gasteiger partial charge in [0.15, 0.2) is 0 Å². The van der Waals surface area contributed by atoms with E-state index in [0.29, 0.717) is 19.8 Å². The third kappa shape index (κ3) is 17.3. The molecule has 5 heteroatoms. The van der Waals surface area contributed by atoms with E-state index in [4.69, 9.17) is 9.47 Å². The maximum absolute atomic E-state index is 9.87. The van der Waals surface area contributed by atoms with Gasteiger partial charge in [0.1, 0.15) is 0 Å². The maximum atomic E-state index is 9.87. The van der Waals surface area contributed by atoms with Gasteiger partial charge < -0.3 is 23.9 Å². The topological polar surface area (TPSA) is 58.6 Å². The molecule has 5 nitrogen and oxygen atoms in total. The molecule has 0 heterocycles. The second-order valence-electron chi connectivity index (χ2n) is 5.26. The van der Waals surface area contributed by atoms with Gasteiger partial charge in [-0.05, 0) is 27.2 Å². The van der Waals surface area contributed by atoms with Gasteiger partial charge in [-0.1, -0.05) is 13.3 Å². The molecule has 0 aliphatic carbocycles. The molecule has 0 amide bonds. The van der Waals surface area contributed by atoms with Crippen LogP contribution in [0.4, 0.5) is 0 Å². The van der Waals surface area contributed by atoms with E-state index in [0.717, 1.165) is 0 Å². The zero-order chi connectivity index (χ0) is 16.6. The second-order valence-corrected chi connectivity index (χ2v) is 5.26. The molecule has 0 N–H and O–H groups in total. The van der Waals surface area contributed by atoms with E-state index in [1.807, 2.05) is 6.92 Å². The average Bonchev–Trinajstić information content (AvgIpc) is 2.49. The zero-order valence-corrected chi connectivity index (χ0v) is 14.7. The summed E-state index contributed by atoms with van der Waals surface area (Å²) >= 11 is 0. The molecule has 0 rings (SSSR count). The first-order valence-electron chi connectivity index (χ1n) is 8.14. The number of carbonyl (C=O) groups is 1. The SMILES string of the molecule is CCCC[N+](C)(CC)CC.CCOCCOCCC(=O)[O-]. The van der Waals surface area contributed by atoms with Crippen molar-refractivity contribution in [2.24, 2.45) is 0 Å². The lowest BCUT2D eigenvalue weighted by atomic mass is 10.3. The molecule has 0 saturated carbocycles. The molecule has 0 saturated heterocycles. The van der Waals surface area contributed by atoms with Gasteiger partial charge in [0, 0.05) is 19.0 Å². The van der Waals surface area contributed by atoms with Gasteiger partial charge in [0.2, 0.25) is 0 Å². The highest BCUT2D eigenvalue weighted by Gasteiger charge is 2.13. The fourth-order valence-electron chi connectivity index (χ4n) is 1.60. The Hall–Kier alpha value is -0.650. The van der Waals surface area contributed by atoms with Crippen molar-refractivity contribution in [3.05, 3.63) is 0 Å². The van der Waals surface area contributed by atoms with Crippen molar-refractivity contribution in [3.8, 4) is 0 Å². The number of hydrogen-bond acceptors (Lipinski definition) is 4. The second kappa shape index (κ2) is 15.7. The van der Waals surface area contributed by atoms with Crippen molar-refractivity contribution in [2.75, 3.05) is 53.1 Å². The monoisotopic (exact) mass is 305 g/mol. The standard InChI is InChI=1S/C9H22N.C7H14O4/c1-5-8-9-10(4,6-2)7-3;1-2-10-5-6-11-4-3-7(8)9/h5-9H2,1-4H3;2-6H2,1H3,(H,8,9)/q+1;/p-1. The molecule has 0 atom stereocenters. The van der Waals surface area contributed by atoms with Crippen molar-refractivity contribution in [1.29, 1.82) is 0 Å². The Labute approximate surface area is 130 Å². The summed E-state index contributed by atoms with van der Waals surface area (Å²) in [7, 11) is 2.34. The van der Waals surface area contributed by atoms with E-state index in [-0.39, 0.29) is 13.0 Å². The summed E-state index contributed by atoms with van der Waals surface area (Å²) in [6.07, 6.45) is 2.65. The smallest absolute Gasteiger partial charge is 0.0784 e. The Morgan fingerprint density at radius 3 is 2.00 bits per heavy atom. The summed E-state index contributed by atoms with van der Waals surface area (Å²) in [6, 6.07) is 0. The molecule has 0 fully saturated rings. The first-order valence-corrected chi connectivity index (χ1v) is 8.14. The number of carbonyl (C=O) groups excluding carboxylic acids is 1. The van der Waals surface area contributed by atoms with Gasteiger partial charge in [-0.15, -0.1) is 0 Å². The Bertz CT molecular complexity index is 230. The summed E-state index contributed by atoms with van der Waals surface area (Å²) < 4.78 is 11.1. The summed E-state index contributed by atoms with van der Waals surface area (Å²) in [5.41, 5.74) is 0. The third-order valence-electron chi connectivity index (χ3n) is 3.61. The Morgan fingerprint density at radius 1 is 1.00 bits per heavy atom. The number of carboxylic acids is 1. The van der Waals surface area contributed by atoms with E-state index in [1.54, 1.807) is 0 Å². The van der Waals surface area contributed by atoms with Crippen molar-refractivity contribution in [2.45, 2.75) is 47.0 Å². The van der Waals surface area contributed by atoms with Crippen LogP contribution in [0.1, 0.15) is 47.0 Å². The summed E-state index contributed by atoms with van der Waals surface area (Å²) in [5.74, 6) is -1.08. The first-order chi connectivity index (χ1) is 9.95. The molecule has 0 aromatic carbocycles. The number of hydrogen-bond donors (Lipinski definition) is 0. The van der Waals surface area contributed by atoms with Crippen LogP contribution in [0.15, 0.2) is 0 Å². The molecule has 0 radical (unpaired) electrons. The van der Waals surface area contributed by atoms with E-state index in [1.165, 1.54) is 37.0 Å². The van der Waals surface area contributed by atoms with Gasteiger partial charge in [0.25, 0.3) is 0 Å². The number of nitrogens with zero attached hydrogens (tertiary/aromatic N) is 1. The van der Waals surface area contributed by atoms with Crippen molar-refractivity contribution in [3.63, 3.8) is 0 Å². The van der Waals surface area contributed by atoms with Gasteiger partial charge in [0.05, 0.1) is 46.5 Å². The Balaban J connectivity index is 0. The van der Waals surface area contributed by atoms with Gasteiger partial charge in [-0.2, -0.15) is 0 Å². The van der Waals surface area contributed by atoms with Crippen LogP contribution in [-0.2, 0) is 14.3 Å². The third-order valence-corrected chi connectivity index (χ3v) is 3.61. The molecule has 0 unspecified atom stereocenters. The minimum atomic E-state index is -1.08. The highest BCUT2D eigenvalue weighted by Crippen LogP contribution is 2.03. The normalized spacial score (nSPS) is 10.9. The Morgan fingerprint density at radius 2 is 1.57 bits per heavy atom. The highest BCUT2D eigenvalue weighted by atomic mass is 16.5. The van der Waals surface area contributed by atoms with E-state index < -0.39 is 5.97 Å². The van der Waals surface area contributed by atoms with Crippen molar-refractivity contribution < 1.29 is 23.9 Å². The molecular weight excluding hydrogens is 270 g/mol. The quantitative estimate of drug-likeness (QED) is 0.404. The molecule has 21 heavy (non-hydrogen) atoms. The van der Waals surface area contributed by atoms with Crippen LogP contribution >= 0.6 is 0 Å². The fraction of sp³-hybridized carbons (Fsp3) is 0.938. The number of carboxylic acid groups (broad SMARTS) is 1. The van der Waals surface area contributed by atoms with Gasteiger partial charge >= 0.3 is 0 Å². The predicted octanol–water partition coefficient (Wildman–Crippen LogP) is 1.45. The van der Waals surface area contributed by atoms with Crippen LogP contribution < -0.4 is 5.11 Å². The number of unbranched alkanes of at least 4 members (excludes halogenated alkanes) is 1. The molecular formula is C16H35NO4. The van der Waals surface area contributed by atoms with Crippen molar-refractivity contribution in [1.82, 2.24) is 0 Å². The fourth-order valence-corrected chi connectivity index (χ4v) is 1.60. The minimum Gasteiger partial charge on any atom is -0.550 e. The van der Waals surface area contributed by atoms with Crippen LogP contribution in [0.25, 0.3) is 0 Å². The number of quaternary nitrogens is 1. The molecule has 0 bridgehead atoms. The number of ether oxygens (including phenoxy) is 2. The van der Waals surface area contributed by atoms with Gasteiger partial charge in [-0.3, -0.25) is 0 Å². The van der Waals surface area contributed by atoms with Crippen molar-refractivity contribution >= 4 is 5.97 Å². The van der Waals surface area contributed by atoms with Crippen LogP contribution in [0.2, 0.25) is 0 Å². The summed E-state index contributed by atoms with van der Waals surface area (Å²) in [4.78, 5) is 9.87. The lowest BCUT2D eigenvalue weighted by molar-refractivity contribution is -0.906. The predicted molar refractivity (Wildman–Crippen MR) is 84.0 cm³/mol. The molecule has 128 valence electrons. The average molecular weight is 305 g/mol. The molecule has 0 aromatic heterocycles. The molecule has 0 spiro atoms. The lowest BCUT2D eigenvalue weighted by Gasteiger charge is -2.31. The van der Waals surface area contributed by atoms with E-state index in [2.05, 4.69) is 27.8 Å².